The Morgan fingerprint density at radius 1 is 1.08 bits per heavy atom. The number of fused-ring (bicyclic) bond motifs is 1. The minimum atomic E-state index is -0.831. The largest absolute Gasteiger partial charge is 0.485 e. The van der Waals surface area contributed by atoms with E-state index in [9.17, 15) is 25.0 Å². The first-order valence-corrected chi connectivity index (χ1v) is 7.21. The number of ether oxygens (including phenoxy) is 1. The van der Waals surface area contributed by atoms with Crippen LogP contribution in [0.2, 0.25) is 0 Å². The zero-order valence-electron chi connectivity index (χ0n) is 13.3. The van der Waals surface area contributed by atoms with Crippen LogP contribution in [0.15, 0.2) is 46.9 Å². The number of hydrogen-bond donors (Lipinski definition) is 1. The summed E-state index contributed by atoms with van der Waals surface area (Å²) in [5.41, 5.74) is -0.915. The number of para-hydroxylation sites is 1. The van der Waals surface area contributed by atoms with Crippen molar-refractivity contribution in [1.82, 2.24) is 0 Å². The van der Waals surface area contributed by atoms with E-state index in [2.05, 4.69) is 5.32 Å². The monoisotopic (exact) mass is 357 g/mol. The van der Waals surface area contributed by atoms with Gasteiger partial charge in [-0.3, -0.25) is 25.0 Å². The molecule has 0 fully saturated rings. The third-order valence-corrected chi connectivity index (χ3v) is 3.55. The molecule has 1 amide bonds. The van der Waals surface area contributed by atoms with E-state index in [0.717, 1.165) is 19.2 Å². The van der Waals surface area contributed by atoms with Gasteiger partial charge in [-0.15, -0.1) is 0 Å². The van der Waals surface area contributed by atoms with Crippen molar-refractivity contribution in [1.29, 1.82) is 0 Å². The third kappa shape index (κ3) is 3.02. The van der Waals surface area contributed by atoms with E-state index >= 15 is 0 Å². The minimum absolute atomic E-state index is 0.0349. The summed E-state index contributed by atoms with van der Waals surface area (Å²) in [6.07, 6.45) is 0. The van der Waals surface area contributed by atoms with Crippen LogP contribution >= 0.6 is 0 Å². The SMILES string of the molecule is COc1c([N+](=O)[O-])cc(NC(=O)c2cc3ccccc3o2)cc1[N+](=O)[O-]. The highest BCUT2D eigenvalue weighted by atomic mass is 16.6. The fraction of sp³-hybridized carbons (Fsp3) is 0.0625. The topological polar surface area (TPSA) is 138 Å². The van der Waals surface area contributed by atoms with Crippen LogP contribution in [0.25, 0.3) is 11.0 Å². The van der Waals surface area contributed by atoms with Gasteiger partial charge in [0.2, 0.25) is 0 Å². The van der Waals surface area contributed by atoms with Crippen LogP contribution in [0.5, 0.6) is 5.75 Å². The second-order valence-electron chi connectivity index (χ2n) is 5.16. The fourth-order valence-electron chi connectivity index (χ4n) is 2.44. The number of amides is 1. The van der Waals surface area contributed by atoms with Gasteiger partial charge in [-0.2, -0.15) is 0 Å². The Labute approximate surface area is 145 Å². The molecule has 0 spiro atoms. The van der Waals surface area contributed by atoms with Gasteiger partial charge >= 0.3 is 11.4 Å². The summed E-state index contributed by atoms with van der Waals surface area (Å²) >= 11 is 0. The number of rotatable bonds is 5. The van der Waals surface area contributed by atoms with Gasteiger partial charge in [0, 0.05) is 17.5 Å². The van der Waals surface area contributed by atoms with Gasteiger partial charge in [0.15, 0.2) is 5.76 Å². The van der Waals surface area contributed by atoms with Gasteiger partial charge in [0.1, 0.15) is 5.58 Å². The van der Waals surface area contributed by atoms with E-state index in [-0.39, 0.29) is 11.4 Å². The average molecular weight is 357 g/mol. The molecule has 1 heterocycles. The van der Waals surface area contributed by atoms with Crippen LogP contribution in [-0.2, 0) is 0 Å². The Balaban J connectivity index is 1.99. The van der Waals surface area contributed by atoms with Gasteiger partial charge in [-0.25, -0.2) is 0 Å². The number of nitrogens with one attached hydrogen (secondary N) is 1. The zero-order chi connectivity index (χ0) is 18.8. The maximum atomic E-state index is 12.3. The molecule has 0 aliphatic heterocycles. The molecule has 26 heavy (non-hydrogen) atoms. The molecule has 0 saturated heterocycles. The van der Waals surface area contributed by atoms with Crippen molar-refractivity contribution in [2.75, 3.05) is 12.4 Å². The van der Waals surface area contributed by atoms with Crippen LogP contribution in [0, 0.1) is 20.2 Å². The summed E-state index contributed by atoms with van der Waals surface area (Å²) in [5.74, 6) is -1.23. The van der Waals surface area contributed by atoms with Gasteiger partial charge in [-0.05, 0) is 12.1 Å². The maximum absolute atomic E-state index is 12.3. The standard InChI is InChI=1S/C16H11N3O7/c1-25-15-11(18(21)22)7-10(8-12(15)19(23)24)17-16(20)14-6-9-4-2-3-5-13(9)26-14/h2-8H,1H3,(H,17,20). The molecule has 0 radical (unpaired) electrons. The predicted molar refractivity (Wildman–Crippen MR) is 90.5 cm³/mol. The molecule has 2 aromatic carbocycles. The second-order valence-corrected chi connectivity index (χ2v) is 5.16. The van der Waals surface area contributed by atoms with Crippen LogP contribution < -0.4 is 10.1 Å². The lowest BCUT2D eigenvalue weighted by Gasteiger charge is -2.07. The Morgan fingerprint density at radius 2 is 1.69 bits per heavy atom. The average Bonchev–Trinajstić information content (AvgIpc) is 3.05. The van der Waals surface area contributed by atoms with Gasteiger partial charge in [0.05, 0.1) is 22.6 Å². The molecule has 1 aromatic heterocycles. The Morgan fingerprint density at radius 3 is 2.23 bits per heavy atom. The molecule has 1 N–H and O–H groups in total. The number of nitrogens with zero attached hydrogens (tertiary/aromatic N) is 2. The van der Waals surface area contributed by atoms with Crippen LogP contribution in [0.1, 0.15) is 10.6 Å². The molecule has 0 aliphatic rings. The molecular weight excluding hydrogens is 346 g/mol. The smallest absolute Gasteiger partial charge is 0.320 e. The molecular formula is C16H11N3O7. The van der Waals surface area contributed by atoms with E-state index in [1.54, 1.807) is 24.3 Å². The number of furan rings is 1. The van der Waals surface area contributed by atoms with Gasteiger partial charge in [0.25, 0.3) is 11.7 Å². The Kier molecular flexibility index (Phi) is 4.23. The molecule has 0 unspecified atom stereocenters. The molecule has 3 aromatic rings. The van der Waals surface area contributed by atoms with E-state index in [1.807, 2.05) is 0 Å². The summed E-state index contributed by atoms with van der Waals surface area (Å²) in [4.78, 5) is 33.0. The third-order valence-electron chi connectivity index (χ3n) is 3.55. The fourth-order valence-corrected chi connectivity index (χ4v) is 2.44. The van der Waals surface area contributed by atoms with Crippen LogP contribution in [0.4, 0.5) is 17.1 Å². The van der Waals surface area contributed by atoms with Crippen molar-refractivity contribution in [3.63, 3.8) is 0 Å². The lowest BCUT2D eigenvalue weighted by atomic mass is 10.2. The quantitative estimate of drug-likeness (QED) is 0.544. The normalized spacial score (nSPS) is 10.5. The lowest BCUT2D eigenvalue weighted by molar-refractivity contribution is -0.395. The number of anilines is 1. The lowest BCUT2D eigenvalue weighted by Crippen LogP contribution is -2.11. The van der Waals surface area contributed by atoms with Crippen molar-refractivity contribution in [2.45, 2.75) is 0 Å². The number of methoxy groups -OCH3 is 1. The minimum Gasteiger partial charge on any atom is -0.485 e. The van der Waals surface area contributed by atoms with Crippen molar-refractivity contribution < 1.29 is 23.8 Å². The van der Waals surface area contributed by atoms with E-state index in [0.29, 0.717) is 11.0 Å². The van der Waals surface area contributed by atoms with Crippen molar-refractivity contribution in [2.24, 2.45) is 0 Å². The number of carbonyl (C=O) groups is 1. The summed E-state index contributed by atoms with van der Waals surface area (Å²) in [6, 6.07) is 10.4. The number of benzene rings is 2. The van der Waals surface area contributed by atoms with Crippen LogP contribution in [-0.4, -0.2) is 22.9 Å². The number of hydrogen-bond acceptors (Lipinski definition) is 7. The van der Waals surface area contributed by atoms with Gasteiger partial charge < -0.3 is 14.5 Å². The summed E-state index contributed by atoms with van der Waals surface area (Å²) < 4.78 is 10.2. The molecule has 0 bridgehead atoms. The molecule has 10 nitrogen and oxygen atoms in total. The van der Waals surface area contributed by atoms with E-state index in [1.165, 1.54) is 6.07 Å². The number of nitro benzene ring substituents is 2. The second kappa shape index (κ2) is 6.51. The first-order chi connectivity index (χ1) is 12.4. The van der Waals surface area contributed by atoms with E-state index in [4.69, 9.17) is 9.15 Å². The van der Waals surface area contributed by atoms with Crippen molar-refractivity contribution in [3.05, 3.63) is 68.5 Å². The molecule has 3 rings (SSSR count). The molecule has 0 aliphatic carbocycles. The van der Waals surface area contributed by atoms with Gasteiger partial charge in [-0.1, -0.05) is 18.2 Å². The first kappa shape index (κ1) is 16.9. The summed E-state index contributed by atoms with van der Waals surface area (Å²) in [7, 11) is 1.09. The molecule has 132 valence electrons. The number of nitro groups is 2. The summed E-state index contributed by atoms with van der Waals surface area (Å²) in [6.45, 7) is 0. The Bertz CT molecular complexity index is 973. The molecule has 10 heteroatoms. The summed E-state index contributed by atoms with van der Waals surface area (Å²) in [5, 5.41) is 25.4. The highest BCUT2D eigenvalue weighted by Gasteiger charge is 2.28. The van der Waals surface area contributed by atoms with Crippen LogP contribution in [0.3, 0.4) is 0 Å². The Hall–Kier alpha value is -3.95. The van der Waals surface area contributed by atoms with Crippen molar-refractivity contribution >= 4 is 33.9 Å². The van der Waals surface area contributed by atoms with E-state index < -0.39 is 32.9 Å². The number of carbonyl (C=O) groups excluding carboxylic acids is 1. The molecule has 0 saturated carbocycles. The predicted octanol–water partition coefficient (Wildman–Crippen LogP) is 3.51. The first-order valence-electron chi connectivity index (χ1n) is 7.21. The molecule has 0 atom stereocenters. The van der Waals surface area contributed by atoms with Crippen molar-refractivity contribution in [3.8, 4) is 5.75 Å². The highest BCUT2D eigenvalue weighted by Crippen LogP contribution is 2.39. The zero-order valence-corrected chi connectivity index (χ0v) is 13.3. The maximum Gasteiger partial charge on any atom is 0.320 e. The highest BCUT2D eigenvalue weighted by molar-refractivity contribution is 6.05.